The van der Waals surface area contributed by atoms with Gasteiger partial charge in [-0.3, -0.25) is 0 Å². The highest BCUT2D eigenvalue weighted by Crippen LogP contribution is 2.32. The van der Waals surface area contributed by atoms with Crippen molar-refractivity contribution in [2.24, 2.45) is 0 Å². The smallest absolute Gasteiger partial charge is 0.387 e. The van der Waals surface area contributed by atoms with E-state index in [4.69, 9.17) is 4.74 Å². The minimum Gasteiger partial charge on any atom is -0.493 e. The maximum atomic E-state index is 12.4. The van der Waals surface area contributed by atoms with Crippen LogP contribution >= 0.6 is 0 Å². The van der Waals surface area contributed by atoms with E-state index >= 15 is 0 Å². The quantitative estimate of drug-likeness (QED) is 0.770. The first kappa shape index (κ1) is 13.9. The molecule has 1 aromatic carbocycles. The average molecular weight is 308 g/mol. The largest absolute Gasteiger partial charge is 0.493 e. The molecular formula is C12H10F2N6O2. The number of nitrogens with zero attached hydrogens (tertiary/aromatic N) is 5. The second-order valence-corrected chi connectivity index (χ2v) is 4.11. The minimum atomic E-state index is -2.94. The van der Waals surface area contributed by atoms with E-state index in [1.54, 1.807) is 18.2 Å². The van der Waals surface area contributed by atoms with Crippen LogP contribution in [0.1, 0.15) is 0 Å². The predicted octanol–water partition coefficient (Wildman–Crippen LogP) is 1.87. The van der Waals surface area contributed by atoms with Crippen LogP contribution in [0.25, 0.3) is 5.65 Å². The van der Waals surface area contributed by atoms with E-state index in [1.165, 1.54) is 23.9 Å². The number of benzene rings is 1. The number of alkyl halides is 2. The van der Waals surface area contributed by atoms with Crippen LogP contribution in [0.3, 0.4) is 0 Å². The first-order valence-electron chi connectivity index (χ1n) is 6.11. The highest BCUT2D eigenvalue weighted by molar-refractivity contribution is 5.61. The fourth-order valence-electron chi connectivity index (χ4n) is 1.81. The summed E-state index contributed by atoms with van der Waals surface area (Å²) in [4.78, 5) is 0. The van der Waals surface area contributed by atoms with Crippen LogP contribution in [0, 0.1) is 0 Å². The molecule has 0 bridgehead atoms. The molecule has 0 radical (unpaired) electrons. The van der Waals surface area contributed by atoms with E-state index in [2.05, 4.69) is 30.7 Å². The number of tetrazole rings is 1. The Bertz CT molecular complexity index is 794. The number of methoxy groups -OCH3 is 1. The summed E-state index contributed by atoms with van der Waals surface area (Å²) in [5, 5.41) is 17.9. The maximum absolute atomic E-state index is 12.4. The topological polar surface area (TPSA) is 86.5 Å². The molecule has 2 heterocycles. The van der Waals surface area contributed by atoms with Crippen molar-refractivity contribution in [3.63, 3.8) is 0 Å². The molecule has 0 saturated heterocycles. The minimum absolute atomic E-state index is 0.0778. The van der Waals surface area contributed by atoms with Crippen molar-refractivity contribution in [2.45, 2.75) is 6.61 Å². The number of anilines is 2. The van der Waals surface area contributed by atoms with Crippen molar-refractivity contribution in [1.29, 1.82) is 0 Å². The van der Waals surface area contributed by atoms with E-state index in [-0.39, 0.29) is 11.5 Å². The highest BCUT2D eigenvalue weighted by atomic mass is 19.3. The Balaban J connectivity index is 1.87. The molecule has 3 aromatic rings. The number of fused-ring (bicyclic) bond motifs is 1. The van der Waals surface area contributed by atoms with E-state index in [9.17, 15) is 8.78 Å². The molecule has 0 aliphatic rings. The van der Waals surface area contributed by atoms with Crippen molar-refractivity contribution in [1.82, 2.24) is 25.3 Å². The Hall–Kier alpha value is -3.04. The Kier molecular flexibility index (Phi) is 3.64. The Morgan fingerprint density at radius 2 is 2.05 bits per heavy atom. The molecular weight excluding hydrogens is 298 g/mol. The van der Waals surface area contributed by atoms with Gasteiger partial charge in [-0.05, 0) is 34.7 Å². The number of rotatable bonds is 5. The van der Waals surface area contributed by atoms with Gasteiger partial charge in [0.1, 0.15) is 0 Å². The van der Waals surface area contributed by atoms with Gasteiger partial charge in [0.05, 0.1) is 7.11 Å². The number of hydrogen-bond donors (Lipinski definition) is 1. The first-order valence-corrected chi connectivity index (χ1v) is 6.11. The lowest BCUT2D eigenvalue weighted by Gasteiger charge is -2.12. The van der Waals surface area contributed by atoms with Gasteiger partial charge >= 0.3 is 6.61 Å². The summed E-state index contributed by atoms with van der Waals surface area (Å²) in [6, 6.07) is 7.85. The maximum Gasteiger partial charge on any atom is 0.387 e. The molecule has 0 amide bonds. The molecule has 3 rings (SSSR count). The zero-order chi connectivity index (χ0) is 15.5. The SMILES string of the molecule is COc1ccc(Nc2ccc3nnnn3n2)cc1OC(F)F. The summed E-state index contributed by atoms with van der Waals surface area (Å²) in [5.41, 5.74) is 0.985. The van der Waals surface area contributed by atoms with Gasteiger partial charge in [0.25, 0.3) is 0 Å². The monoisotopic (exact) mass is 308 g/mol. The van der Waals surface area contributed by atoms with Crippen LogP contribution in [0.5, 0.6) is 11.5 Å². The molecule has 0 spiro atoms. The Morgan fingerprint density at radius 3 is 2.82 bits per heavy atom. The third-order valence-corrected chi connectivity index (χ3v) is 2.72. The summed E-state index contributed by atoms with van der Waals surface area (Å²) in [7, 11) is 1.37. The van der Waals surface area contributed by atoms with Crippen LogP contribution in [-0.2, 0) is 0 Å². The predicted molar refractivity (Wildman–Crippen MR) is 71.5 cm³/mol. The Morgan fingerprint density at radius 1 is 1.18 bits per heavy atom. The van der Waals surface area contributed by atoms with Crippen LogP contribution < -0.4 is 14.8 Å². The van der Waals surface area contributed by atoms with Crippen LogP contribution in [0.15, 0.2) is 30.3 Å². The number of aromatic nitrogens is 5. The van der Waals surface area contributed by atoms with Gasteiger partial charge in [-0.2, -0.15) is 8.78 Å². The fourth-order valence-corrected chi connectivity index (χ4v) is 1.81. The standard InChI is InChI=1S/C12H10F2N6O2/c1-21-8-3-2-7(6-9(8)22-12(13)14)15-10-4-5-11-16-18-19-20(11)17-10/h2-6,12H,1H3,(H,15,17). The van der Waals surface area contributed by atoms with Gasteiger partial charge in [-0.25, -0.2) is 0 Å². The van der Waals surface area contributed by atoms with Gasteiger partial charge in [-0.15, -0.1) is 14.8 Å². The van der Waals surface area contributed by atoms with Gasteiger partial charge in [0, 0.05) is 11.8 Å². The Labute approximate surface area is 122 Å². The molecule has 114 valence electrons. The van der Waals surface area contributed by atoms with E-state index in [0.29, 0.717) is 17.2 Å². The van der Waals surface area contributed by atoms with E-state index in [1.807, 2.05) is 0 Å². The summed E-state index contributed by atoms with van der Waals surface area (Å²) >= 11 is 0. The lowest BCUT2D eigenvalue weighted by molar-refractivity contribution is -0.0511. The zero-order valence-corrected chi connectivity index (χ0v) is 11.3. The van der Waals surface area contributed by atoms with Crippen molar-refractivity contribution < 1.29 is 18.3 Å². The molecule has 0 saturated carbocycles. The van der Waals surface area contributed by atoms with Crippen LogP contribution in [-0.4, -0.2) is 39.0 Å². The summed E-state index contributed by atoms with van der Waals surface area (Å²) in [6.07, 6.45) is 0. The summed E-state index contributed by atoms with van der Waals surface area (Å²) in [6.45, 7) is -2.94. The van der Waals surface area contributed by atoms with Gasteiger partial charge < -0.3 is 14.8 Å². The molecule has 8 nitrogen and oxygen atoms in total. The van der Waals surface area contributed by atoms with E-state index < -0.39 is 6.61 Å². The van der Waals surface area contributed by atoms with Gasteiger partial charge in [0.2, 0.25) is 0 Å². The molecule has 0 aliphatic heterocycles. The molecule has 0 fully saturated rings. The van der Waals surface area contributed by atoms with Gasteiger partial charge in [-0.1, -0.05) is 0 Å². The number of hydrogen-bond acceptors (Lipinski definition) is 7. The highest BCUT2D eigenvalue weighted by Gasteiger charge is 2.12. The van der Waals surface area contributed by atoms with Crippen LogP contribution in [0.2, 0.25) is 0 Å². The average Bonchev–Trinajstić information content (AvgIpc) is 2.94. The zero-order valence-electron chi connectivity index (χ0n) is 11.3. The fraction of sp³-hybridized carbons (Fsp3) is 0.167. The summed E-state index contributed by atoms with van der Waals surface area (Å²) in [5.74, 6) is 0.564. The van der Waals surface area contributed by atoms with Crippen molar-refractivity contribution in [3.8, 4) is 11.5 Å². The lowest BCUT2D eigenvalue weighted by atomic mass is 10.2. The molecule has 0 atom stereocenters. The van der Waals surface area contributed by atoms with Crippen LogP contribution in [0.4, 0.5) is 20.3 Å². The molecule has 0 unspecified atom stereocenters. The number of halogens is 2. The molecule has 22 heavy (non-hydrogen) atoms. The van der Waals surface area contributed by atoms with Crippen molar-refractivity contribution in [3.05, 3.63) is 30.3 Å². The first-order chi connectivity index (χ1) is 10.7. The molecule has 0 aliphatic carbocycles. The molecule has 1 N–H and O–H groups in total. The number of nitrogens with one attached hydrogen (secondary N) is 1. The lowest BCUT2D eigenvalue weighted by Crippen LogP contribution is -2.04. The second kappa shape index (κ2) is 5.76. The van der Waals surface area contributed by atoms with Crippen molar-refractivity contribution in [2.75, 3.05) is 12.4 Å². The van der Waals surface area contributed by atoms with Crippen molar-refractivity contribution >= 4 is 17.2 Å². The van der Waals surface area contributed by atoms with Gasteiger partial charge in [0.15, 0.2) is 23.0 Å². The third-order valence-electron chi connectivity index (χ3n) is 2.72. The van der Waals surface area contributed by atoms with E-state index in [0.717, 1.165) is 0 Å². The normalized spacial score (nSPS) is 10.9. The molecule has 10 heteroatoms. The summed E-state index contributed by atoms with van der Waals surface area (Å²) < 4.78 is 35.4. The molecule has 2 aromatic heterocycles. The third kappa shape index (κ3) is 2.85. The number of ether oxygens (including phenoxy) is 2. The second-order valence-electron chi connectivity index (χ2n) is 4.11.